The van der Waals surface area contributed by atoms with Gasteiger partial charge in [-0.1, -0.05) is 31.0 Å². The van der Waals surface area contributed by atoms with Crippen molar-refractivity contribution in [1.29, 1.82) is 0 Å². The number of ether oxygens (including phenoxy) is 2. The van der Waals surface area contributed by atoms with Crippen LogP contribution < -0.4 is 25.8 Å². The van der Waals surface area contributed by atoms with Crippen LogP contribution in [0.4, 0.5) is 5.69 Å². The van der Waals surface area contributed by atoms with E-state index in [4.69, 9.17) is 15.2 Å². The summed E-state index contributed by atoms with van der Waals surface area (Å²) in [6.45, 7) is 4.64. The molecular weight excluding hydrogens is 546 g/mol. The second kappa shape index (κ2) is 11.3. The molecule has 0 unspecified atom stereocenters. The highest BCUT2D eigenvalue weighted by atomic mass is 16.5. The van der Waals surface area contributed by atoms with Crippen molar-refractivity contribution in [3.05, 3.63) is 77.6 Å². The average Bonchev–Trinajstić information content (AvgIpc) is 3.70. The van der Waals surface area contributed by atoms with Gasteiger partial charge in [-0.05, 0) is 62.9 Å². The van der Waals surface area contributed by atoms with Crippen LogP contribution in [0.2, 0.25) is 0 Å². The van der Waals surface area contributed by atoms with Crippen molar-refractivity contribution in [2.24, 2.45) is 5.73 Å². The van der Waals surface area contributed by atoms with Gasteiger partial charge in [0.1, 0.15) is 18.5 Å². The first-order valence-corrected chi connectivity index (χ1v) is 14.7. The molecule has 2 aromatic carbocycles. The van der Waals surface area contributed by atoms with Crippen molar-refractivity contribution in [3.63, 3.8) is 0 Å². The van der Waals surface area contributed by atoms with Gasteiger partial charge >= 0.3 is 0 Å². The van der Waals surface area contributed by atoms with E-state index < -0.39 is 17.4 Å². The Balaban J connectivity index is 1.07. The lowest BCUT2D eigenvalue weighted by Crippen LogP contribution is -2.46. The first-order chi connectivity index (χ1) is 20.6. The molecule has 3 heterocycles. The van der Waals surface area contributed by atoms with Gasteiger partial charge in [0, 0.05) is 47.2 Å². The van der Waals surface area contributed by atoms with Crippen LogP contribution in [-0.4, -0.2) is 51.7 Å². The number of aromatic nitrogens is 2. The molecule has 6 N–H and O–H groups in total. The third-order valence-electron chi connectivity index (χ3n) is 8.52. The normalized spacial score (nSPS) is 16.3. The molecule has 4 aromatic rings. The average molecular weight is 584 g/mol. The Morgan fingerprint density at radius 3 is 2.65 bits per heavy atom. The van der Waals surface area contributed by atoms with Crippen molar-refractivity contribution in [2.45, 2.75) is 63.0 Å². The monoisotopic (exact) mass is 583 g/mol. The van der Waals surface area contributed by atoms with E-state index in [1.54, 1.807) is 12.1 Å². The molecule has 10 heteroatoms. The number of β-amino-alcohol motifs (C(OH)–C–C–N with tert-alkyl or cyclic N) is 1. The van der Waals surface area contributed by atoms with Crippen LogP contribution in [0.1, 0.15) is 61.0 Å². The van der Waals surface area contributed by atoms with Crippen LogP contribution >= 0.6 is 0 Å². The summed E-state index contributed by atoms with van der Waals surface area (Å²) < 4.78 is 12.1. The maximum Gasteiger partial charge on any atom is 0.250 e. The lowest BCUT2D eigenvalue weighted by molar-refractivity contribution is -0.120. The summed E-state index contributed by atoms with van der Waals surface area (Å²) in [5.74, 6) is 1.16. The first kappa shape index (κ1) is 28.7. The highest BCUT2D eigenvalue weighted by Gasteiger charge is 2.50. The molecule has 1 fully saturated rings. The van der Waals surface area contributed by atoms with Crippen molar-refractivity contribution in [2.75, 3.05) is 18.5 Å². The van der Waals surface area contributed by atoms with Crippen LogP contribution in [0.5, 0.6) is 17.4 Å². The number of aromatic amines is 1. The number of benzene rings is 2. The van der Waals surface area contributed by atoms with Crippen LogP contribution in [0.3, 0.4) is 0 Å². The second-order valence-electron chi connectivity index (χ2n) is 12.2. The Kier molecular flexibility index (Phi) is 7.57. The Morgan fingerprint density at radius 1 is 1.14 bits per heavy atom. The molecule has 1 saturated carbocycles. The number of fused-ring (bicyclic) bond motifs is 3. The minimum atomic E-state index is -0.740. The number of nitrogens with zero attached hydrogens (tertiary/aromatic N) is 1. The van der Waals surface area contributed by atoms with Gasteiger partial charge in [-0.2, -0.15) is 0 Å². The fourth-order valence-electron chi connectivity index (χ4n) is 6.35. The minimum absolute atomic E-state index is 0.0616. The second-order valence-corrected chi connectivity index (χ2v) is 12.2. The first-order valence-electron chi connectivity index (χ1n) is 14.7. The number of nitrogens with one attached hydrogen (secondary N) is 3. The number of rotatable bonds is 11. The van der Waals surface area contributed by atoms with Crippen molar-refractivity contribution < 1.29 is 24.2 Å². The van der Waals surface area contributed by atoms with Crippen LogP contribution in [0.25, 0.3) is 10.9 Å². The Labute approximate surface area is 250 Å². The fourth-order valence-corrected chi connectivity index (χ4v) is 6.35. The highest BCUT2D eigenvalue weighted by Crippen LogP contribution is 2.52. The van der Waals surface area contributed by atoms with E-state index in [9.17, 15) is 14.7 Å². The maximum atomic E-state index is 12.9. The number of carbonyl (C=O) groups excluding carboxylic acids is 2. The summed E-state index contributed by atoms with van der Waals surface area (Å²) in [4.78, 5) is 31.7. The quantitative estimate of drug-likeness (QED) is 0.173. The number of aliphatic hydroxyl groups is 1. The van der Waals surface area contributed by atoms with E-state index in [0.717, 1.165) is 53.4 Å². The number of amides is 2. The number of H-pyrrole nitrogens is 1. The summed E-state index contributed by atoms with van der Waals surface area (Å²) in [6.07, 6.45) is 7.01. The number of hydrogen-bond acceptors (Lipinski definition) is 7. The summed E-state index contributed by atoms with van der Waals surface area (Å²) >= 11 is 0. The van der Waals surface area contributed by atoms with Gasteiger partial charge < -0.3 is 35.9 Å². The van der Waals surface area contributed by atoms with E-state index in [-0.39, 0.29) is 18.1 Å². The maximum absolute atomic E-state index is 12.9. The van der Waals surface area contributed by atoms with Gasteiger partial charge in [-0.15, -0.1) is 0 Å². The lowest BCUT2D eigenvalue weighted by Gasteiger charge is -2.28. The van der Waals surface area contributed by atoms with Crippen LogP contribution in [0, 0.1) is 0 Å². The number of carbonyl (C=O) groups is 2. The van der Waals surface area contributed by atoms with Crippen LogP contribution in [-0.2, 0) is 16.6 Å². The molecule has 224 valence electrons. The van der Waals surface area contributed by atoms with E-state index in [1.807, 2.05) is 42.6 Å². The van der Waals surface area contributed by atoms with Gasteiger partial charge in [-0.25, -0.2) is 4.98 Å². The Morgan fingerprint density at radius 2 is 1.91 bits per heavy atom. The SMILES string of the molecule is CC(C)(Cc1c[nH]c2c(Oc3ccc(C(N)=O)cn3)cccc12)NC[C@H](O)COc1cccc2c1C1(CCCC1)C(=O)N2. The molecule has 0 radical (unpaired) electrons. The fraction of sp³-hybridized carbons (Fsp3) is 0.364. The predicted molar refractivity (Wildman–Crippen MR) is 164 cm³/mol. The van der Waals surface area contributed by atoms with E-state index in [2.05, 4.69) is 34.4 Å². The zero-order valence-corrected chi connectivity index (χ0v) is 24.4. The number of para-hydroxylation sites is 1. The third kappa shape index (κ3) is 5.68. The third-order valence-corrected chi connectivity index (χ3v) is 8.52. The van der Waals surface area contributed by atoms with Crippen molar-refractivity contribution in [3.8, 4) is 17.4 Å². The Hall–Kier alpha value is -4.41. The molecular formula is C33H37N5O5. The molecule has 1 spiro atoms. The van der Waals surface area contributed by atoms with E-state index >= 15 is 0 Å². The molecule has 2 aliphatic rings. The molecule has 1 aliphatic heterocycles. The molecule has 0 bridgehead atoms. The summed E-state index contributed by atoms with van der Waals surface area (Å²) in [6, 6.07) is 14.7. The zero-order chi connectivity index (χ0) is 30.2. The smallest absolute Gasteiger partial charge is 0.250 e. The van der Waals surface area contributed by atoms with E-state index in [1.165, 1.54) is 6.20 Å². The molecule has 6 rings (SSSR count). The summed E-state index contributed by atoms with van der Waals surface area (Å²) in [5, 5.41) is 18.4. The molecule has 2 amide bonds. The van der Waals surface area contributed by atoms with Crippen LogP contribution in [0.15, 0.2) is 60.9 Å². The van der Waals surface area contributed by atoms with E-state index in [0.29, 0.717) is 35.9 Å². The van der Waals surface area contributed by atoms with Gasteiger partial charge in [0.25, 0.3) is 0 Å². The predicted octanol–water partition coefficient (Wildman–Crippen LogP) is 4.57. The number of primary amides is 1. The van der Waals surface area contributed by atoms with Gasteiger partial charge in [0.15, 0.2) is 5.75 Å². The lowest BCUT2D eigenvalue weighted by atomic mass is 9.79. The zero-order valence-electron chi connectivity index (χ0n) is 24.4. The number of anilines is 1. The number of aliphatic hydroxyl groups excluding tert-OH is 1. The topological polar surface area (TPSA) is 152 Å². The van der Waals surface area contributed by atoms with Crippen molar-refractivity contribution >= 4 is 28.4 Å². The van der Waals surface area contributed by atoms with Gasteiger partial charge in [-0.3, -0.25) is 9.59 Å². The molecule has 1 atom stereocenters. The summed E-state index contributed by atoms with van der Waals surface area (Å²) in [5.41, 5.74) is 8.47. The molecule has 0 saturated heterocycles. The Bertz CT molecular complexity index is 1660. The standard InChI is InChI=1S/C33H37N5O5/c1-32(2,15-21-17-36-29-23(21)7-5-10-26(29)43-27-12-11-20(16-35-27)30(34)40)37-18-22(39)19-42-25-9-6-8-24-28(25)33(31(41)38-24)13-3-4-14-33/h5-12,16-17,22,36-37,39H,3-4,13-15,18-19H2,1-2H3,(H2,34,40)(H,38,41)/t22-/m0/s1. The molecule has 2 aromatic heterocycles. The number of nitrogens with two attached hydrogens (primary N) is 1. The molecule has 43 heavy (non-hydrogen) atoms. The number of hydrogen-bond donors (Lipinski definition) is 5. The van der Waals surface area contributed by atoms with Gasteiger partial charge in [0.2, 0.25) is 17.7 Å². The largest absolute Gasteiger partial charge is 0.490 e. The number of pyridine rings is 1. The summed E-state index contributed by atoms with van der Waals surface area (Å²) in [7, 11) is 0. The van der Waals surface area contributed by atoms with Gasteiger partial charge in [0.05, 0.1) is 16.5 Å². The highest BCUT2D eigenvalue weighted by molar-refractivity contribution is 6.07. The molecule has 10 nitrogen and oxygen atoms in total. The van der Waals surface area contributed by atoms with Crippen molar-refractivity contribution in [1.82, 2.24) is 15.3 Å². The minimum Gasteiger partial charge on any atom is -0.490 e. The molecule has 1 aliphatic carbocycles.